The summed E-state index contributed by atoms with van der Waals surface area (Å²) in [5.74, 6) is 0.101. The van der Waals surface area contributed by atoms with E-state index in [1.807, 2.05) is 19.0 Å². The van der Waals surface area contributed by atoms with Crippen molar-refractivity contribution in [2.24, 2.45) is 5.73 Å². The lowest BCUT2D eigenvalue weighted by atomic mass is 10.2. The van der Waals surface area contributed by atoms with E-state index in [9.17, 15) is 4.79 Å². The molecule has 0 heterocycles. The third kappa shape index (κ3) is 4.68. The summed E-state index contributed by atoms with van der Waals surface area (Å²) in [7, 11) is 4.06. The highest BCUT2D eigenvalue weighted by atomic mass is 35.5. The Hall–Kier alpha value is -0.320. The van der Waals surface area contributed by atoms with Gasteiger partial charge in [0, 0.05) is 19.1 Å². The molecule has 1 aliphatic rings. The van der Waals surface area contributed by atoms with Crippen LogP contribution in [0.1, 0.15) is 25.7 Å². The first-order chi connectivity index (χ1) is 7.15. The zero-order valence-electron chi connectivity index (χ0n) is 10.3. The molecule has 1 amide bonds. The Balaban J connectivity index is 0.00000225. The Bertz CT molecular complexity index is 205. The molecule has 0 aliphatic heterocycles. The van der Waals surface area contributed by atoms with E-state index in [0.29, 0.717) is 6.04 Å². The number of carbonyl (C=O) groups excluding carboxylic acids is 1. The van der Waals surface area contributed by atoms with E-state index in [0.717, 1.165) is 25.9 Å². The van der Waals surface area contributed by atoms with Crippen molar-refractivity contribution < 1.29 is 4.79 Å². The molecule has 4 nitrogen and oxygen atoms in total. The SMILES string of the molecule is CN(C)CCN(C(=O)CN)C1CCCC1.Cl. The summed E-state index contributed by atoms with van der Waals surface area (Å²) in [6.07, 6.45) is 4.81. The van der Waals surface area contributed by atoms with Crippen molar-refractivity contribution in [3.05, 3.63) is 0 Å². The molecule has 0 saturated heterocycles. The fourth-order valence-corrected chi connectivity index (χ4v) is 2.15. The molecule has 96 valence electrons. The Labute approximate surface area is 105 Å². The van der Waals surface area contributed by atoms with Crippen LogP contribution in [0.3, 0.4) is 0 Å². The highest BCUT2D eigenvalue weighted by Gasteiger charge is 2.25. The number of rotatable bonds is 5. The van der Waals surface area contributed by atoms with Crippen LogP contribution in [0.15, 0.2) is 0 Å². The monoisotopic (exact) mass is 249 g/mol. The summed E-state index contributed by atoms with van der Waals surface area (Å²) in [4.78, 5) is 15.8. The van der Waals surface area contributed by atoms with Gasteiger partial charge in [0.2, 0.25) is 5.91 Å². The third-order valence-electron chi connectivity index (χ3n) is 3.05. The average molecular weight is 250 g/mol. The number of amides is 1. The lowest BCUT2D eigenvalue weighted by Gasteiger charge is -2.29. The van der Waals surface area contributed by atoms with Gasteiger partial charge in [0.05, 0.1) is 6.54 Å². The van der Waals surface area contributed by atoms with Gasteiger partial charge in [0.15, 0.2) is 0 Å². The zero-order chi connectivity index (χ0) is 11.3. The highest BCUT2D eigenvalue weighted by Crippen LogP contribution is 2.23. The maximum Gasteiger partial charge on any atom is 0.236 e. The van der Waals surface area contributed by atoms with Crippen molar-refractivity contribution in [2.75, 3.05) is 33.7 Å². The first-order valence-corrected chi connectivity index (χ1v) is 5.79. The van der Waals surface area contributed by atoms with Crippen molar-refractivity contribution in [3.8, 4) is 0 Å². The van der Waals surface area contributed by atoms with Crippen LogP contribution in [0.5, 0.6) is 0 Å². The Morgan fingerprint density at radius 1 is 1.25 bits per heavy atom. The van der Waals surface area contributed by atoms with E-state index in [1.54, 1.807) is 0 Å². The van der Waals surface area contributed by atoms with E-state index in [-0.39, 0.29) is 24.9 Å². The van der Waals surface area contributed by atoms with E-state index in [1.165, 1.54) is 12.8 Å². The van der Waals surface area contributed by atoms with Gasteiger partial charge in [-0.3, -0.25) is 4.79 Å². The average Bonchev–Trinajstić information content (AvgIpc) is 2.70. The van der Waals surface area contributed by atoms with Crippen molar-refractivity contribution in [1.29, 1.82) is 0 Å². The molecule has 0 spiro atoms. The number of hydrogen-bond donors (Lipinski definition) is 1. The minimum absolute atomic E-state index is 0. The molecule has 0 aromatic rings. The van der Waals surface area contributed by atoms with E-state index in [4.69, 9.17) is 5.73 Å². The van der Waals surface area contributed by atoms with Crippen molar-refractivity contribution >= 4 is 18.3 Å². The quantitative estimate of drug-likeness (QED) is 0.781. The molecule has 0 bridgehead atoms. The van der Waals surface area contributed by atoms with Crippen LogP contribution in [-0.4, -0.2) is 55.5 Å². The van der Waals surface area contributed by atoms with Crippen LogP contribution in [-0.2, 0) is 4.79 Å². The maximum absolute atomic E-state index is 11.7. The summed E-state index contributed by atoms with van der Waals surface area (Å²) in [5.41, 5.74) is 5.44. The topological polar surface area (TPSA) is 49.6 Å². The number of nitrogens with two attached hydrogens (primary N) is 1. The normalized spacial score (nSPS) is 16.2. The van der Waals surface area contributed by atoms with Crippen LogP contribution in [0.4, 0.5) is 0 Å². The second-order valence-corrected chi connectivity index (χ2v) is 4.53. The largest absolute Gasteiger partial charge is 0.337 e. The van der Waals surface area contributed by atoms with E-state index < -0.39 is 0 Å². The van der Waals surface area contributed by atoms with E-state index >= 15 is 0 Å². The minimum Gasteiger partial charge on any atom is -0.337 e. The molecule has 0 atom stereocenters. The zero-order valence-corrected chi connectivity index (χ0v) is 11.1. The summed E-state index contributed by atoms with van der Waals surface area (Å²) in [6.45, 7) is 1.87. The predicted octanol–water partition coefficient (Wildman–Crippen LogP) is 0.700. The predicted molar refractivity (Wildman–Crippen MR) is 68.8 cm³/mol. The molecule has 1 saturated carbocycles. The molecule has 2 N–H and O–H groups in total. The van der Waals surface area contributed by atoms with Crippen LogP contribution in [0, 0.1) is 0 Å². The fourth-order valence-electron chi connectivity index (χ4n) is 2.15. The summed E-state index contributed by atoms with van der Waals surface area (Å²) in [6, 6.07) is 0.445. The van der Waals surface area contributed by atoms with Gasteiger partial charge in [-0.1, -0.05) is 12.8 Å². The third-order valence-corrected chi connectivity index (χ3v) is 3.05. The highest BCUT2D eigenvalue weighted by molar-refractivity contribution is 5.85. The lowest BCUT2D eigenvalue weighted by Crippen LogP contribution is -2.45. The van der Waals surface area contributed by atoms with Gasteiger partial charge in [0.1, 0.15) is 0 Å². The fraction of sp³-hybridized carbons (Fsp3) is 0.909. The summed E-state index contributed by atoms with van der Waals surface area (Å²) < 4.78 is 0. The molecule has 1 aliphatic carbocycles. The van der Waals surface area contributed by atoms with Gasteiger partial charge >= 0.3 is 0 Å². The van der Waals surface area contributed by atoms with Crippen molar-refractivity contribution in [1.82, 2.24) is 9.80 Å². The van der Waals surface area contributed by atoms with Crippen LogP contribution in [0.25, 0.3) is 0 Å². The second kappa shape index (κ2) is 7.87. The molecule has 0 radical (unpaired) electrons. The molecule has 5 heteroatoms. The Kier molecular flexibility index (Phi) is 7.72. The molecular weight excluding hydrogens is 226 g/mol. The molecule has 0 unspecified atom stereocenters. The lowest BCUT2D eigenvalue weighted by molar-refractivity contribution is -0.132. The molecule has 1 fully saturated rings. The maximum atomic E-state index is 11.7. The Morgan fingerprint density at radius 2 is 1.81 bits per heavy atom. The van der Waals surface area contributed by atoms with Gasteiger partial charge in [0.25, 0.3) is 0 Å². The summed E-state index contributed by atoms with van der Waals surface area (Å²) in [5, 5.41) is 0. The standard InChI is InChI=1S/C11H23N3O.ClH/c1-13(2)7-8-14(11(15)9-12)10-5-3-4-6-10;/h10H,3-9,12H2,1-2H3;1H. The number of likely N-dealkylation sites (N-methyl/N-ethyl adjacent to an activating group) is 1. The number of hydrogen-bond acceptors (Lipinski definition) is 3. The first-order valence-electron chi connectivity index (χ1n) is 5.79. The van der Waals surface area contributed by atoms with Crippen LogP contribution < -0.4 is 5.73 Å². The van der Waals surface area contributed by atoms with E-state index in [2.05, 4.69) is 4.90 Å². The van der Waals surface area contributed by atoms with Crippen molar-refractivity contribution in [2.45, 2.75) is 31.7 Å². The van der Waals surface area contributed by atoms with Crippen LogP contribution >= 0.6 is 12.4 Å². The molecule has 16 heavy (non-hydrogen) atoms. The number of nitrogens with zero attached hydrogens (tertiary/aromatic N) is 2. The van der Waals surface area contributed by atoms with Crippen molar-refractivity contribution in [3.63, 3.8) is 0 Å². The molecular formula is C11H24ClN3O. The van der Waals surface area contributed by atoms with Gasteiger partial charge in [-0.05, 0) is 26.9 Å². The molecule has 0 aromatic heterocycles. The smallest absolute Gasteiger partial charge is 0.236 e. The number of halogens is 1. The Morgan fingerprint density at radius 3 is 2.25 bits per heavy atom. The van der Waals surface area contributed by atoms with Gasteiger partial charge in [-0.2, -0.15) is 0 Å². The first kappa shape index (κ1) is 15.7. The molecule has 0 aromatic carbocycles. The van der Waals surface area contributed by atoms with Crippen LogP contribution in [0.2, 0.25) is 0 Å². The van der Waals surface area contributed by atoms with Gasteiger partial charge < -0.3 is 15.5 Å². The van der Waals surface area contributed by atoms with Gasteiger partial charge in [-0.15, -0.1) is 12.4 Å². The number of carbonyl (C=O) groups is 1. The second-order valence-electron chi connectivity index (χ2n) is 4.53. The minimum atomic E-state index is 0. The summed E-state index contributed by atoms with van der Waals surface area (Å²) >= 11 is 0. The molecule has 1 rings (SSSR count). The van der Waals surface area contributed by atoms with Gasteiger partial charge in [-0.25, -0.2) is 0 Å².